The monoisotopic (exact) mass is 1180 g/mol. The lowest BCUT2D eigenvalue weighted by atomic mass is 9.65. The molecule has 0 radical (unpaired) electrons. The average molecular weight is 1180 g/mol. The summed E-state index contributed by atoms with van der Waals surface area (Å²) < 4.78 is 5.10. The smallest absolute Gasteiger partial charge is 0.0754 e. The first-order chi connectivity index (χ1) is 46.0. The number of fused-ring (bicyclic) bond motifs is 29. The van der Waals surface area contributed by atoms with E-state index in [1.807, 2.05) is 0 Å². The number of benzene rings is 15. The molecule has 2 nitrogen and oxygen atoms in total. The van der Waals surface area contributed by atoms with Crippen LogP contribution in [0, 0.1) is 0 Å². The summed E-state index contributed by atoms with van der Waals surface area (Å²) in [4.78, 5) is 0. The Labute approximate surface area is 538 Å². The molecular formula is C91H56N2. The topological polar surface area (TPSA) is 9.86 Å². The summed E-state index contributed by atoms with van der Waals surface area (Å²) >= 11 is 0. The van der Waals surface area contributed by atoms with E-state index in [1.165, 1.54) is 199 Å². The molecule has 0 amide bonds. The number of hydrogen-bond acceptors (Lipinski definition) is 0. The van der Waals surface area contributed by atoms with Gasteiger partial charge in [-0.05, 0) is 174 Å². The first-order valence-corrected chi connectivity index (χ1v) is 32.9. The molecule has 5 aliphatic rings. The molecule has 430 valence electrons. The Morgan fingerprint density at radius 3 is 1.10 bits per heavy atom. The van der Waals surface area contributed by atoms with Gasteiger partial charge in [0.15, 0.2) is 0 Å². The summed E-state index contributed by atoms with van der Waals surface area (Å²) in [6.07, 6.45) is 0. The van der Waals surface area contributed by atoms with Gasteiger partial charge in [-0.25, -0.2) is 0 Å². The zero-order valence-corrected chi connectivity index (χ0v) is 51.3. The largest absolute Gasteiger partial charge is 0.309 e. The zero-order valence-electron chi connectivity index (χ0n) is 51.3. The lowest BCUT2D eigenvalue weighted by molar-refractivity contribution is 0.662. The molecule has 0 saturated heterocycles. The molecule has 15 aromatic carbocycles. The van der Waals surface area contributed by atoms with Crippen LogP contribution >= 0.6 is 0 Å². The normalized spacial score (nSPS) is 16.9. The predicted octanol–water partition coefficient (Wildman–Crippen LogP) is 22.8. The van der Waals surface area contributed by atoms with E-state index in [1.54, 1.807) is 0 Å². The molecular weight excluding hydrogens is 1120 g/mol. The van der Waals surface area contributed by atoms with Gasteiger partial charge in [-0.2, -0.15) is 0 Å². The van der Waals surface area contributed by atoms with Gasteiger partial charge in [0.1, 0.15) is 0 Å². The van der Waals surface area contributed by atoms with Gasteiger partial charge in [0.25, 0.3) is 0 Å². The third-order valence-electron chi connectivity index (χ3n) is 22.9. The van der Waals surface area contributed by atoms with E-state index in [2.05, 4.69) is 326 Å². The number of nitrogens with zero attached hydrogens (tertiary/aromatic N) is 2. The highest BCUT2D eigenvalue weighted by molar-refractivity contribution is 6.22. The Morgan fingerprint density at radius 1 is 0.215 bits per heavy atom. The van der Waals surface area contributed by atoms with Crippen molar-refractivity contribution >= 4 is 65.2 Å². The Balaban J connectivity index is 0.853. The van der Waals surface area contributed by atoms with E-state index in [0.29, 0.717) is 0 Å². The number of hydrogen-bond donors (Lipinski definition) is 0. The van der Waals surface area contributed by atoms with Crippen molar-refractivity contribution in [3.05, 3.63) is 359 Å². The van der Waals surface area contributed by atoms with Gasteiger partial charge in [-0.1, -0.05) is 287 Å². The van der Waals surface area contributed by atoms with E-state index < -0.39 is 10.8 Å². The predicted molar refractivity (Wildman–Crippen MR) is 386 cm³/mol. The van der Waals surface area contributed by atoms with Crippen LogP contribution in [-0.4, -0.2) is 9.13 Å². The fourth-order valence-electron chi connectivity index (χ4n) is 19.7. The van der Waals surface area contributed by atoms with Crippen LogP contribution in [0.25, 0.3) is 143 Å². The molecule has 17 aromatic rings. The van der Waals surface area contributed by atoms with E-state index in [0.717, 1.165) is 0 Å². The second kappa shape index (κ2) is 17.5. The maximum atomic E-state index is 2.60. The summed E-state index contributed by atoms with van der Waals surface area (Å²) in [6.45, 7) is 4.89. The van der Waals surface area contributed by atoms with Gasteiger partial charge in [-0.3, -0.25) is 0 Å². The highest BCUT2D eigenvalue weighted by atomic mass is 15.0. The highest BCUT2D eigenvalue weighted by Crippen LogP contribution is 2.66. The van der Waals surface area contributed by atoms with E-state index >= 15 is 0 Å². The molecule has 0 N–H and O–H groups in total. The van der Waals surface area contributed by atoms with Crippen molar-refractivity contribution in [1.29, 1.82) is 0 Å². The fourth-order valence-corrected chi connectivity index (χ4v) is 19.7. The highest BCUT2D eigenvalue weighted by Gasteiger charge is 2.53. The van der Waals surface area contributed by atoms with E-state index in [4.69, 9.17) is 0 Å². The lowest BCUT2D eigenvalue weighted by Gasteiger charge is -2.39. The Kier molecular flexibility index (Phi) is 9.43. The molecule has 2 aromatic heterocycles. The van der Waals surface area contributed by atoms with Gasteiger partial charge in [0.05, 0.1) is 44.3 Å². The molecule has 4 heterocycles. The van der Waals surface area contributed by atoms with Crippen LogP contribution in [0.4, 0.5) is 0 Å². The van der Waals surface area contributed by atoms with Crippen LogP contribution in [0.3, 0.4) is 0 Å². The zero-order chi connectivity index (χ0) is 60.8. The molecule has 0 fully saturated rings. The SMILES string of the molecule is CC1(C)c2ccccc2-c2cccc(-c3c4cccc(-c5cccc6c5-c5ccccc5C65c6ccccc6-n6c7ccccc7c7cccc5c76)c4cc4c(-c5cccc6c5-c5ccccc5C65c6ccccc6-n6c7ccccc7c7cccc5c76)cccc34)c21. The van der Waals surface area contributed by atoms with Crippen molar-refractivity contribution < 1.29 is 0 Å². The first-order valence-electron chi connectivity index (χ1n) is 32.9. The maximum Gasteiger partial charge on any atom is 0.0754 e. The van der Waals surface area contributed by atoms with Crippen LogP contribution in [0.1, 0.15) is 69.5 Å². The molecule has 22 rings (SSSR count). The summed E-state index contributed by atoms with van der Waals surface area (Å²) in [6, 6.07) is 117. The summed E-state index contributed by atoms with van der Waals surface area (Å²) in [5.41, 5.74) is 34.7. The number of para-hydroxylation sites is 6. The summed E-state index contributed by atoms with van der Waals surface area (Å²) in [5.74, 6) is 0. The minimum absolute atomic E-state index is 0.265. The van der Waals surface area contributed by atoms with Crippen LogP contribution < -0.4 is 0 Å². The van der Waals surface area contributed by atoms with Gasteiger partial charge in [-0.15, -0.1) is 0 Å². The van der Waals surface area contributed by atoms with Gasteiger partial charge in [0.2, 0.25) is 0 Å². The molecule has 0 bridgehead atoms. The molecule has 2 unspecified atom stereocenters. The number of rotatable bonds is 3. The molecule has 93 heavy (non-hydrogen) atoms. The Hall–Kier alpha value is -11.6. The van der Waals surface area contributed by atoms with Crippen LogP contribution in [0.2, 0.25) is 0 Å². The van der Waals surface area contributed by atoms with Crippen molar-refractivity contribution in [3.63, 3.8) is 0 Å². The minimum atomic E-state index is -0.592. The summed E-state index contributed by atoms with van der Waals surface area (Å²) in [7, 11) is 0. The Bertz CT molecular complexity index is 5970. The average Bonchev–Trinajstić information content (AvgIpc) is 1.53. The minimum Gasteiger partial charge on any atom is -0.309 e. The van der Waals surface area contributed by atoms with Gasteiger partial charge in [0, 0.05) is 27.0 Å². The molecule has 2 spiro atoms. The van der Waals surface area contributed by atoms with Crippen LogP contribution in [0.15, 0.2) is 303 Å². The van der Waals surface area contributed by atoms with Crippen molar-refractivity contribution in [2.24, 2.45) is 0 Å². The standard InChI is InChI=1S/C91H56N2/c1-89(2)70-39-8-3-24-55(70)62-35-19-38-67(86(62)89)83-60-31-17-29-53(58-33-20-44-75-84(58)65-27-4-9-40-71(65)90(75)73-42-11-15-50-81(73)92-79-48-13-6-25-56(79)63-36-22-46-77(90)87(63)92)68(60)52-69-54(30-18-32-61(69)83)59-34-21-45-76-85(59)66-28-5-10-41-72(66)91(76)74-43-12-16-51-82(74)93-80-49-14-7-26-57(80)64-37-23-47-78(91)88(64)93/h3-52H,1-2H3. The quantitative estimate of drug-likeness (QED) is 0.156. The van der Waals surface area contributed by atoms with Crippen LogP contribution in [-0.2, 0) is 16.2 Å². The number of aromatic nitrogens is 2. The molecule has 3 aliphatic carbocycles. The van der Waals surface area contributed by atoms with Gasteiger partial charge >= 0.3 is 0 Å². The maximum absolute atomic E-state index is 2.60. The molecule has 2 atom stereocenters. The van der Waals surface area contributed by atoms with Crippen molar-refractivity contribution in [2.75, 3.05) is 0 Å². The second-order valence-electron chi connectivity index (χ2n) is 27.1. The molecule has 2 heteroatoms. The molecule has 2 aliphatic heterocycles. The van der Waals surface area contributed by atoms with Crippen molar-refractivity contribution in [1.82, 2.24) is 9.13 Å². The first kappa shape index (κ1) is 50.2. The van der Waals surface area contributed by atoms with Crippen molar-refractivity contribution in [3.8, 4) is 78.1 Å². The van der Waals surface area contributed by atoms with Gasteiger partial charge < -0.3 is 9.13 Å². The van der Waals surface area contributed by atoms with Crippen molar-refractivity contribution in [2.45, 2.75) is 30.1 Å². The lowest BCUT2D eigenvalue weighted by Crippen LogP contribution is -2.33. The third kappa shape index (κ3) is 5.82. The van der Waals surface area contributed by atoms with E-state index in [9.17, 15) is 0 Å². The fraction of sp³-hybridized carbons (Fsp3) is 0.0549. The Morgan fingerprint density at radius 2 is 0.559 bits per heavy atom. The van der Waals surface area contributed by atoms with Crippen LogP contribution in [0.5, 0.6) is 0 Å². The van der Waals surface area contributed by atoms with E-state index in [-0.39, 0.29) is 5.41 Å². The second-order valence-corrected chi connectivity index (χ2v) is 27.1. The third-order valence-corrected chi connectivity index (χ3v) is 22.9. The summed E-state index contributed by atoms with van der Waals surface area (Å²) in [5, 5.41) is 10.1. The molecule has 0 saturated carbocycles.